The second-order valence-electron chi connectivity index (χ2n) is 3.45. The molecule has 0 aromatic rings. The molecule has 0 N–H and O–H groups in total. The third kappa shape index (κ3) is 2.48. The van der Waals surface area contributed by atoms with E-state index in [-0.39, 0.29) is 0 Å². The van der Waals surface area contributed by atoms with Gasteiger partial charge in [0, 0.05) is 6.61 Å². The van der Waals surface area contributed by atoms with Crippen molar-refractivity contribution in [1.29, 1.82) is 0 Å². The maximum atomic E-state index is 5.69. The molecule has 0 saturated heterocycles. The fourth-order valence-corrected chi connectivity index (χ4v) is 2.07. The predicted octanol–water partition coefficient (Wildman–Crippen LogP) is 2.99. The Morgan fingerprint density at radius 1 is 1.18 bits per heavy atom. The molecule has 0 spiro atoms. The van der Waals surface area contributed by atoms with Crippen LogP contribution in [0.4, 0.5) is 0 Å². The second-order valence-corrected chi connectivity index (χ2v) is 3.45. The number of rotatable bonds is 3. The van der Waals surface area contributed by atoms with Crippen molar-refractivity contribution in [2.24, 2.45) is 5.92 Å². The van der Waals surface area contributed by atoms with Crippen molar-refractivity contribution in [3.8, 4) is 0 Å². The van der Waals surface area contributed by atoms with E-state index in [4.69, 9.17) is 4.74 Å². The third-order valence-corrected chi connectivity index (χ3v) is 2.74. The normalized spacial score (nSPS) is 32.2. The van der Waals surface area contributed by atoms with Crippen LogP contribution in [-0.4, -0.2) is 12.7 Å². The van der Waals surface area contributed by atoms with E-state index in [1.165, 1.54) is 32.1 Å². The summed E-state index contributed by atoms with van der Waals surface area (Å²) in [5, 5.41) is 0. The van der Waals surface area contributed by atoms with Gasteiger partial charge in [0.25, 0.3) is 0 Å². The van der Waals surface area contributed by atoms with E-state index < -0.39 is 0 Å². The first-order chi connectivity index (χ1) is 5.38. The highest BCUT2D eigenvalue weighted by Crippen LogP contribution is 2.28. The van der Waals surface area contributed by atoms with E-state index in [0.717, 1.165) is 12.5 Å². The average Bonchev–Trinajstić information content (AvgIpc) is 2.06. The van der Waals surface area contributed by atoms with E-state index in [1.807, 2.05) is 0 Å². The Morgan fingerprint density at radius 3 is 2.55 bits per heavy atom. The molecule has 11 heavy (non-hydrogen) atoms. The van der Waals surface area contributed by atoms with Crippen LogP contribution in [0.15, 0.2) is 0 Å². The number of hydrogen-bond acceptors (Lipinski definition) is 1. The van der Waals surface area contributed by atoms with Gasteiger partial charge in [0.2, 0.25) is 0 Å². The van der Waals surface area contributed by atoms with Crippen molar-refractivity contribution in [1.82, 2.24) is 0 Å². The molecular formula is C10H20O. The maximum absolute atomic E-state index is 5.69. The first-order valence-electron chi connectivity index (χ1n) is 5.00. The molecule has 1 fully saturated rings. The lowest BCUT2D eigenvalue weighted by atomic mass is 9.85. The van der Waals surface area contributed by atoms with Crippen LogP contribution >= 0.6 is 0 Å². The molecule has 0 aromatic heterocycles. The van der Waals surface area contributed by atoms with Crippen LogP contribution in [-0.2, 0) is 4.74 Å². The summed E-state index contributed by atoms with van der Waals surface area (Å²) >= 11 is 0. The Morgan fingerprint density at radius 2 is 1.91 bits per heavy atom. The largest absolute Gasteiger partial charge is 0.378 e. The molecule has 0 unspecified atom stereocenters. The van der Waals surface area contributed by atoms with Crippen molar-refractivity contribution >= 4 is 0 Å². The van der Waals surface area contributed by atoms with Crippen molar-refractivity contribution in [3.63, 3.8) is 0 Å². The van der Waals surface area contributed by atoms with Gasteiger partial charge in [0.1, 0.15) is 0 Å². The molecule has 0 aromatic carbocycles. The van der Waals surface area contributed by atoms with Crippen LogP contribution in [0.25, 0.3) is 0 Å². The predicted molar refractivity (Wildman–Crippen MR) is 47.7 cm³/mol. The summed E-state index contributed by atoms with van der Waals surface area (Å²) in [7, 11) is 0. The highest BCUT2D eigenvalue weighted by molar-refractivity contribution is 4.74. The summed E-state index contributed by atoms with van der Waals surface area (Å²) in [6.07, 6.45) is 7.36. The Kier molecular flexibility index (Phi) is 3.92. The Bertz CT molecular complexity index is 99.0. The van der Waals surface area contributed by atoms with E-state index in [9.17, 15) is 0 Å². The molecule has 0 bridgehead atoms. The van der Waals surface area contributed by atoms with Crippen molar-refractivity contribution < 1.29 is 4.74 Å². The monoisotopic (exact) mass is 156 g/mol. The van der Waals surface area contributed by atoms with E-state index >= 15 is 0 Å². The molecule has 0 radical (unpaired) electrons. The summed E-state index contributed by atoms with van der Waals surface area (Å²) in [6.45, 7) is 5.27. The molecule has 66 valence electrons. The van der Waals surface area contributed by atoms with Crippen LogP contribution in [0.5, 0.6) is 0 Å². The molecule has 1 heteroatoms. The minimum Gasteiger partial charge on any atom is -0.378 e. The Labute approximate surface area is 70.1 Å². The highest BCUT2D eigenvalue weighted by Gasteiger charge is 2.23. The molecule has 1 saturated carbocycles. The van der Waals surface area contributed by atoms with Gasteiger partial charge in [-0.15, -0.1) is 0 Å². The lowest BCUT2D eigenvalue weighted by molar-refractivity contribution is -0.00529. The summed E-state index contributed by atoms with van der Waals surface area (Å²) in [6, 6.07) is 0. The molecule has 1 aliphatic carbocycles. The Balaban J connectivity index is 2.31. The van der Waals surface area contributed by atoms with Gasteiger partial charge in [-0.1, -0.05) is 26.2 Å². The van der Waals surface area contributed by atoms with Gasteiger partial charge in [-0.2, -0.15) is 0 Å². The second kappa shape index (κ2) is 4.76. The Hall–Kier alpha value is -0.0400. The zero-order valence-corrected chi connectivity index (χ0v) is 7.81. The number of ether oxygens (including phenoxy) is 1. The smallest absolute Gasteiger partial charge is 0.0603 e. The van der Waals surface area contributed by atoms with Crippen LogP contribution < -0.4 is 0 Å². The van der Waals surface area contributed by atoms with Crippen LogP contribution in [0.3, 0.4) is 0 Å². The fourth-order valence-electron chi connectivity index (χ4n) is 2.07. The van der Waals surface area contributed by atoms with E-state index in [1.54, 1.807) is 0 Å². The summed E-state index contributed by atoms with van der Waals surface area (Å²) in [5.41, 5.74) is 0. The fraction of sp³-hybridized carbons (Fsp3) is 1.00. The topological polar surface area (TPSA) is 9.23 Å². The van der Waals surface area contributed by atoms with Crippen molar-refractivity contribution in [2.75, 3.05) is 6.61 Å². The standard InChI is InChI=1S/C10H20O/c1-3-9-7-5-6-8-10(9)11-4-2/h9-10H,3-8H2,1-2H3/t9-,10-/m0/s1. The first-order valence-corrected chi connectivity index (χ1v) is 5.00. The molecule has 1 nitrogen and oxygen atoms in total. The van der Waals surface area contributed by atoms with Crippen molar-refractivity contribution in [3.05, 3.63) is 0 Å². The average molecular weight is 156 g/mol. The summed E-state index contributed by atoms with van der Waals surface area (Å²) in [5.74, 6) is 0.851. The molecule has 0 amide bonds. The quantitative estimate of drug-likeness (QED) is 0.610. The van der Waals surface area contributed by atoms with Gasteiger partial charge >= 0.3 is 0 Å². The molecule has 0 heterocycles. The van der Waals surface area contributed by atoms with E-state index in [2.05, 4.69) is 13.8 Å². The maximum Gasteiger partial charge on any atom is 0.0603 e. The lowest BCUT2D eigenvalue weighted by Gasteiger charge is -2.30. The SMILES string of the molecule is CCO[C@H]1CCCC[C@@H]1CC. The van der Waals surface area contributed by atoms with Gasteiger partial charge in [-0.25, -0.2) is 0 Å². The van der Waals surface area contributed by atoms with Gasteiger partial charge in [-0.3, -0.25) is 0 Å². The van der Waals surface area contributed by atoms with Gasteiger partial charge in [0.15, 0.2) is 0 Å². The minimum absolute atomic E-state index is 0.582. The summed E-state index contributed by atoms with van der Waals surface area (Å²) < 4.78 is 5.69. The van der Waals surface area contributed by atoms with Crippen LogP contribution in [0.2, 0.25) is 0 Å². The van der Waals surface area contributed by atoms with Crippen LogP contribution in [0, 0.1) is 5.92 Å². The zero-order valence-electron chi connectivity index (χ0n) is 7.81. The third-order valence-electron chi connectivity index (χ3n) is 2.74. The molecule has 1 aliphatic rings. The van der Waals surface area contributed by atoms with Gasteiger partial charge in [0.05, 0.1) is 6.10 Å². The molecule has 1 rings (SSSR count). The van der Waals surface area contributed by atoms with Gasteiger partial charge in [-0.05, 0) is 25.7 Å². The number of hydrogen-bond donors (Lipinski definition) is 0. The van der Waals surface area contributed by atoms with Gasteiger partial charge < -0.3 is 4.74 Å². The molecule has 2 atom stereocenters. The molecular weight excluding hydrogens is 136 g/mol. The molecule has 0 aliphatic heterocycles. The minimum atomic E-state index is 0.582. The van der Waals surface area contributed by atoms with Crippen LogP contribution in [0.1, 0.15) is 46.0 Å². The van der Waals surface area contributed by atoms with E-state index in [0.29, 0.717) is 6.10 Å². The zero-order chi connectivity index (χ0) is 8.10. The lowest BCUT2D eigenvalue weighted by Crippen LogP contribution is -2.27. The first kappa shape index (κ1) is 9.05. The summed E-state index contributed by atoms with van der Waals surface area (Å²) in [4.78, 5) is 0. The van der Waals surface area contributed by atoms with Crippen molar-refractivity contribution in [2.45, 2.75) is 52.1 Å². The highest BCUT2D eigenvalue weighted by atomic mass is 16.5.